The summed E-state index contributed by atoms with van der Waals surface area (Å²) in [5, 5.41) is 15.1. The number of nitrogens with zero attached hydrogens (tertiary/aromatic N) is 9. The zero-order valence-electron chi connectivity index (χ0n) is 25.2. The molecular weight excluding hydrogens is 584 g/mol. The van der Waals surface area contributed by atoms with E-state index < -0.39 is 6.09 Å². The molecule has 2 aromatic carbocycles. The molecule has 46 heavy (non-hydrogen) atoms. The van der Waals surface area contributed by atoms with Gasteiger partial charge in [-0.3, -0.25) is 0 Å². The number of carbonyl (C=O) groups is 1. The summed E-state index contributed by atoms with van der Waals surface area (Å²) in [5.41, 5.74) is 9.79. The number of piperidine rings is 1. The first-order valence-corrected chi connectivity index (χ1v) is 15.6. The minimum Gasteiger partial charge on any atom is -0.465 e. The lowest BCUT2D eigenvalue weighted by Gasteiger charge is -2.33. The van der Waals surface area contributed by atoms with Gasteiger partial charge in [0.25, 0.3) is 0 Å². The fourth-order valence-corrected chi connectivity index (χ4v) is 7.08. The van der Waals surface area contributed by atoms with E-state index in [0.29, 0.717) is 36.7 Å². The van der Waals surface area contributed by atoms with Crippen molar-refractivity contribution in [1.82, 2.24) is 34.6 Å². The summed E-state index contributed by atoms with van der Waals surface area (Å²) in [5.74, 6) is 3.31. The molecule has 0 spiro atoms. The fourth-order valence-electron chi connectivity index (χ4n) is 7.08. The minimum atomic E-state index is -0.830. The van der Waals surface area contributed by atoms with Crippen molar-refractivity contribution in [2.24, 2.45) is 11.8 Å². The van der Waals surface area contributed by atoms with Gasteiger partial charge in [-0.25, -0.2) is 29.4 Å². The Morgan fingerprint density at radius 3 is 2.17 bits per heavy atom. The predicted octanol–water partition coefficient (Wildman–Crippen LogP) is 4.55. The highest BCUT2D eigenvalue weighted by molar-refractivity contribution is 5.98. The van der Waals surface area contributed by atoms with Crippen molar-refractivity contribution < 1.29 is 14.6 Å². The molecule has 0 radical (unpaired) electrons. The van der Waals surface area contributed by atoms with Crippen LogP contribution in [0.3, 0.4) is 0 Å². The quantitative estimate of drug-likeness (QED) is 0.276. The number of para-hydroxylation sites is 1. The summed E-state index contributed by atoms with van der Waals surface area (Å²) in [6.45, 7) is 4.41. The van der Waals surface area contributed by atoms with Crippen molar-refractivity contribution in [1.29, 1.82) is 0 Å². The summed E-state index contributed by atoms with van der Waals surface area (Å²) in [7, 11) is 0. The summed E-state index contributed by atoms with van der Waals surface area (Å²) in [6, 6.07) is 17.7. The lowest BCUT2D eigenvalue weighted by Crippen LogP contribution is -2.35. The lowest BCUT2D eigenvalue weighted by molar-refractivity contribution is 0.153. The number of hydrogen-bond donors (Lipinski definition) is 2. The van der Waals surface area contributed by atoms with Gasteiger partial charge >= 0.3 is 6.09 Å². The molecule has 8 rings (SSSR count). The zero-order chi connectivity index (χ0) is 31.2. The summed E-state index contributed by atoms with van der Waals surface area (Å²) >= 11 is 0. The van der Waals surface area contributed by atoms with Crippen molar-refractivity contribution in [2.75, 3.05) is 54.8 Å². The zero-order valence-corrected chi connectivity index (χ0v) is 25.2. The Morgan fingerprint density at radius 2 is 1.50 bits per heavy atom. The first-order valence-electron chi connectivity index (χ1n) is 15.6. The second kappa shape index (κ2) is 11.5. The Bertz CT molecular complexity index is 1840. The number of benzene rings is 2. The van der Waals surface area contributed by atoms with E-state index in [4.69, 9.17) is 25.5 Å². The van der Waals surface area contributed by atoms with Crippen LogP contribution in [0, 0.1) is 11.8 Å². The molecule has 5 aromatic rings. The topological polar surface area (TPSA) is 152 Å². The molecule has 3 saturated heterocycles. The van der Waals surface area contributed by atoms with Crippen molar-refractivity contribution in [2.45, 2.75) is 18.9 Å². The Balaban J connectivity index is 0.949. The maximum Gasteiger partial charge on any atom is 0.407 e. The molecule has 6 heterocycles. The van der Waals surface area contributed by atoms with Crippen LogP contribution in [-0.2, 0) is 0 Å². The van der Waals surface area contributed by atoms with Crippen molar-refractivity contribution in [3.63, 3.8) is 0 Å². The second-order valence-corrected chi connectivity index (χ2v) is 12.3. The number of hydrogen-bond acceptors (Lipinski definition) is 10. The van der Waals surface area contributed by atoms with Crippen LogP contribution in [0.1, 0.15) is 18.9 Å². The van der Waals surface area contributed by atoms with E-state index in [1.807, 2.05) is 71.7 Å². The number of rotatable bonds is 6. The Labute approximate surface area is 265 Å². The molecule has 2 unspecified atom stereocenters. The highest BCUT2D eigenvalue weighted by Crippen LogP contribution is 2.36. The second-order valence-electron chi connectivity index (χ2n) is 12.3. The SMILES string of the molecule is Nc1ncnc2c1c(-c1ccc(Oc3ccccc3)cc1)nn2C1CCN(c2cnc(N3CC4CN(C(=O)O)CC4C3)nc2)CC1. The Morgan fingerprint density at radius 1 is 0.826 bits per heavy atom. The van der Waals surface area contributed by atoms with Gasteiger partial charge in [-0.2, -0.15) is 5.10 Å². The van der Waals surface area contributed by atoms with Crippen LogP contribution >= 0.6 is 0 Å². The van der Waals surface area contributed by atoms with E-state index >= 15 is 0 Å². The normalized spacial score (nSPS) is 20.0. The number of fused-ring (bicyclic) bond motifs is 2. The maximum absolute atomic E-state index is 11.3. The lowest BCUT2D eigenvalue weighted by atomic mass is 10.0. The summed E-state index contributed by atoms with van der Waals surface area (Å²) < 4.78 is 7.99. The van der Waals surface area contributed by atoms with E-state index in [0.717, 1.165) is 78.5 Å². The van der Waals surface area contributed by atoms with E-state index in [1.165, 1.54) is 11.2 Å². The van der Waals surface area contributed by atoms with E-state index in [-0.39, 0.29) is 6.04 Å². The number of anilines is 3. The molecule has 0 saturated carbocycles. The van der Waals surface area contributed by atoms with Crippen LogP contribution in [-0.4, -0.2) is 85.1 Å². The van der Waals surface area contributed by atoms with Crippen LogP contribution in [0.15, 0.2) is 73.3 Å². The standard InChI is InChI=1S/C33H34N10O3/c34-30-28-29(21-6-8-27(9-7-21)46-26-4-2-1-3-5-26)39-43(31(28)38-20-37-30)24-10-12-40(13-11-24)25-14-35-32(36-15-25)41-16-22-18-42(33(44)45)19-23(22)17-41/h1-9,14-15,20,22-24H,10-13,16-19H2,(H,44,45)(H2,34,37,38). The molecule has 3 aliphatic heterocycles. The average molecular weight is 619 g/mol. The van der Waals surface area contributed by atoms with E-state index in [1.54, 1.807) is 0 Å². The minimum absolute atomic E-state index is 0.150. The third-order valence-corrected chi connectivity index (χ3v) is 9.46. The molecule has 3 fully saturated rings. The molecule has 3 aliphatic rings. The monoisotopic (exact) mass is 618 g/mol. The molecule has 0 bridgehead atoms. The molecule has 1 amide bonds. The summed E-state index contributed by atoms with van der Waals surface area (Å²) in [4.78, 5) is 35.6. The number of likely N-dealkylation sites (tertiary alicyclic amines) is 1. The third kappa shape index (κ3) is 5.17. The van der Waals surface area contributed by atoms with Gasteiger partial charge in [0.2, 0.25) is 5.95 Å². The van der Waals surface area contributed by atoms with E-state index in [2.05, 4.69) is 19.8 Å². The van der Waals surface area contributed by atoms with Gasteiger partial charge in [0.15, 0.2) is 5.65 Å². The number of ether oxygens (including phenoxy) is 1. The number of amides is 1. The highest BCUT2D eigenvalue weighted by atomic mass is 16.5. The number of nitrogen functional groups attached to an aromatic ring is 1. The number of nitrogens with two attached hydrogens (primary N) is 1. The summed E-state index contributed by atoms with van der Waals surface area (Å²) in [6.07, 6.45) is 6.23. The highest BCUT2D eigenvalue weighted by Gasteiger charge is 2.42. The molecule has 3 N–H and O–H groups in total. The van der Waals surface area contributed by atoms with Crippen LogP contribution < -0.4 is 20.3 Å². The van der Waals surface area contributed by atoms with Gasteiger partial charge in [0.05, 0.1) is 29.5 Å². The van der Waals surface area contributed by atoms with Gasteiger partial charge in [0, 0.05) is 56.7 Å². The molecule has 3 aromatic heterocycles. The molecule has 13 nitrogen and oxygen atoms in total. The molecular formula is C33H34N10O3. The molecule has 13 heteroatoms. The largest absolute Gasteiger partial charge is 0.465 e. The van der Waals surface area contributed by atoms with Crippen molar-refractivity contribution >= 4 is 34.6 Å². The third-order valence-electron chi connectivity index (χ3n) is 9.46. The maximum atomic E-state index is 11.3. The Kier molecular flexibility index (Phi) is 7.00. The predicted molar refractivity (Wildman–Crippen MR) is 173 cm³/mol. The first-order chi connectivity index (χ1) is 22.5. The molecule has 2 atom stereocenters. The number of carboxylic acid groups (broad SMARTS) is 1. The van der Waals surface area contributed by atoms with E-state index in [9.17, 15) is 9.90 Å². The molecule has 0 aliphatic carbocycles. The smallest absolute Gasteiger partial charge is 0.407 e. The van der Waals surface area contributed by atoms with Gasteiger partial charge in [-0.15, -0.1) is 0 Å². The van der Waals surface area contributed by atoms with Crippen LogP contribution in [0.2, 0.25) is 0 Å². The van der Waals surface area contributed by atoms with Crippen molar-refractivity contribution in [3.05, 3.63) is 73.3 Å². The van der Waals surface area contributed by atoms with Crippen LogP contribution in [0.4, 0.5) is 22.2 Å². The average Bonchev–Trinajstić information content (AvgIpc) is 3.79. The fraction of sp³-hybridized carbons (Fsp3) is 0.333. The Hall–Kier alpha value is -5.46. The van der Waals surface area contributed by atoms with Gasteiger partial charge < -0.3 is 30.3 Å². The van der Waals surface area contributed by atoms with Crippen molar-refractivity contribution in [3.8, 4) is 22.8 Å². The number of aromatic nitrogens is 6. The molecule has 234 valence electrons. The van der Waals surface area contributed by atoms with Gasteiger partial charge in [-0.05, 0) is 49.2 Å². The van der Waals surface area contributed by atoms with Crippen LogP contribution in [0.25, 0.3) is 22.3 Å². The van der Waals surface area contributed by atoms with Crippen LogP contribution in [0.5, 0.6) is 11.5 Å². The van der Waals surface area contributed by atoms with Gasteiger partial charge in [0.1, 0.15) is 29.3 Å². The first kappa shape index (κ1) is 28.0. The van der Waals surface area contributed by atoms with Gasteiger partial charge in [-0.1, -0.05) is 18.2 Å².